The molecule has 0 bridgehead atoms. The smallest absolute Gasteiger partial charge is 0.240 e. The molecule has 0 saturated carbocycles. The predicted octanol–water partition coefficient (Wildman–Crippen LogP) is 5.00. The average molecular weight is 414 g/mol. The van der Waals surface area contributed by atoms with E-state index in [-0.39, 0.29) is 4.90 Å². The molecule has 1 N–H and O–H groups in total. The number of rotatable bonds is 9. The van der Waals surface area contributed by atoms with Crippen LogP contribution in [0.2, 0.25) is 0 Å². The molecule has 0 fully saturated rings. The van der Waals surface area contributed by atoms with Crippen LogP contribution in [0.5, 0.6) is 11.5 Å². The Kier molecular flexibility index (Phi) is 7.14. The number of aryl methyl sites for hydroxylation is 1. The molecule has 3 rings (SSSR count). The third-order valence-electron chi connectivity index (χ3n) is 4.17. The van der Waals surface area contributed by atoms with Gasteiger partial charge in [-0.25, -0.2) is 13.1 Å². The quantitative estimate of drug-likeness (QED) is 0.502. The van der Waals surface area contributed by atoms with Gasteiger partial charge in [-0.05, 0) is 54.4 Å². The summed E-state index contributed by atoms with van der Waals surface area (Å²) in [5, 5.41) is 0. The highest BCUT2D eigenvalue weighted by atomic mass is 32.2. The molecule has 0 aliphatic heterocycles. The number of ether oxygens (including phenoxy) is 1. The number of nitrogens with one attached hydrogen (secondary N) is 1. The van der Waals surface area contributed by atoms with Gasteiger partial charge in [0, 0.05) is 18.1 Å². The molecule has 0 aliphatic carbocycles. The molecule has 0 saturated heterocycles. The number of para-hydroxylation sites is 1. The summed E-state index contributed by atoms with van der Waals surface area (Å²) >= 11 is 1.71. The Bertz CT molecular complexity index is 988. The van der Waals surface area contributed by atoms with Gasteiger partial charge in [0.05, 0.1) is 4.90 Å². The van der Waals surface area contributed by atoms with Crippen LogP contribution in [0, 0.1) is 6.92 Å². The summed E-state index contributed by atoms with van der Waals surface area (Å²) in [6.07, 6.45) is 0. The van der Waals surface area contributed by atoms with Gasteiger partial charge >= 0.3 is 0 Å². The van der Waals surface area contributed by atoms with E-state index in [2.05, 4.69) is 23.8 Å². The molecule has 0 atom stereocenters. The number of sulfonamides is 1. The maximum absolute atomic E-state index is 12.4. The second kappa shape index (κ2) is 9.78. The first-order chi connectivity index (χ1) is 13.5. The molecule has 0 radical (unpaired) electrons. The summed E-state index contributed by atoms with van der Waals surface area (Å²) in [4.78, 5) is 0.233. The molecule has 4 nitrogen and oxygen atoms in total. The van der Waals surface area contributed by atoms with Gasteiger partial charge in [-0.2, -0.15) is 11.8 Å². The van der Waals surface area contributed by atoms with Crippen LogP contribution in [-0.4, -0.2) is 20.7 Å². The van der Waals surface area contributed by atoms with Gasteiger partial charge in [-0.15, -0.1) is 0 Å². The zero-order valence-corrected chi connectivity index (χ0v) is 17.3. The highest BCUT2D eigenvalue weighted by Gasteiger charge is 2.13. The Morgan fingerprint density at radius 1 is 0.857 bits per heavy atom. The van der Waals surface area contributed by atoms with Crippen LogP contribution in [0.3, 0.4) is 0 Å². The van der Waals surface area contributed by atoms with Crippen LogP contribution in [0.25, 0.3) is 0 Å². The van der Waals surface area contributed by atoms with Gasteiger partial charge < -0.3 is 4.74 Å². The van der Waals surface area contributed by atoms with Crippen LogP contribution in [0.1, 0.15) is 11.1 Å². The maximum atomic E-state index is 12.4. The number of hydrogen-bond donors (Lipinski definition) is 1. The van der Waals surface area contributed by atoms with Crippen molar-refractivity contribution >= 4 is 21.8 Å². The van der Waals surface area contributed by atoms with Gasteiger partial charge in [0.1, 0.15) is 11.5 Å². The molecule has 146 valence electrons. The van der Waals surface area contributed by atoms with Crippen molar-refractivity contribution in [2.45, 2.75) is 17.6 Å². The molecular weight excluding hydrogens is 390 g/mol. The lowest BCUT2D eigenvalue weighted by atomic mass is 10.1. The van der Waals surface area contributed by atoms with E-state index in [9.17, 15) is 8.42 Å². The maximum Gasteiger partial charge on any atom is 0.240 e. The first-order valence-electron chi connectivity index (χ1n) is 8.99. The third kappa shape index (κ3) is 5.86. The Balaban J connectivity index is 1.48. The van der Waals surface area contributed by atoms with Crippen molar-refractivity contribution in [1.82, 2.24) is 4.72 Å². The predicted molar refractivity (Wildman–Crippen MR) is 115 cm³/mol. The fourth-order valence-electron chi connectivity index (χ4n) is 2.60. The second-order valence-corrected chi connectivity index (χ2v) is 9.14. The molecule has 0 amide bonds. The van der Waals surface area contributed by atoms with E-state index in [1.165, 1.54) is 11.1 Å². The minimum atomic E-state index is -3.52. The zero-order chi connectivity index (χ0) is 19.8. The molecule has 0 aromatic heterocycles. The molecule has 6 heteroatoms. The molecule has 0 heterocycles. The summed E-state index contributed by atoms with van der Waals surface area (Å²) in [6.45, 7) is 2.48. The van der Waals surface area contributed by atoms with Crippen LogP contribution >= 0.6 is 11.8 Å². The van der Waals surface area contributed by atoms with Crippen LogP contribution < -0.4 is 9.46 Å². The van der Waals surface area contributed by atoms with E-state index >= 15 is 0 Å². The highest BCUT2D eigenvalue weighted by Crippen LogP contribution is 2.22. The third-order valence-corrected chi connectivity index (χ3v) is 6.66. The monoisotopic (exact) mass is 413 g/mol. The average Bonchev–Trinajstić information content (AvgIpc) is 2.70. The second-order valence-electron chi connectivity index (χ2n) is 6.26. The molecule has 3 aromatic rings. The number of hydrogen-bond acceptors (Lipinski definition) is 4. The van der Waals surface area contributed by atoms with E-state index in [0.29, 0.717) is 23.8 Å². The van der Waals surface area contributed by atoms with Gasteiger partial charge in [0.15, 0.2) is 0 Å². The SMILES string of the molecule is Cc1ccccc1CSCCNS(=O)(=O)c1ccc(Oc2ccccc2)cc1. The minimum Gasteiger partial charge on any atom is -0.457 e. The Morgan fingerprint density at radius 2 is 1.50 bits per heavy atom. The van der Waals surface area contributed by atoms with Crippen molar-refractivity contribution in [1.29, 1.82) is 0 Å². The molecule has 0 spiro atoms. The lowest BCUT2D eigenvalue weighted by Gasteiger charge is -2.09. The van der Waals surface area contributed by atoms with Gasteiger partial charge in [-0.1, -0.05) is 42.5 Å². The Hall–Kier alpha value is -2.28. The van der Waals surface area contributed by atoms with Crippen molar-refractivity contribution in [3.8, 4) is 11.5 Å². The first-order valence-corrected chi connectivity index (χ1v) is 11.6. The van der Waals surface area contributed by atoms with Crippen molar-refractivity contribution in [3.05, 3.63) is 90.0 Å². The molecular formula is C22H23NO3S2. The summed E-state index contributed by atoms with van der Waals surface area (Å²) < 4.78 is 33.2. The topological polar surface area (TPSA) is 55.4 Å². The van der Waals surface area contributed by atoms with Gasteiger partial charge in [-0.3, -0.25) is 0 Å². The van der Waals surface area contributed by atoms with Crippen LogP contribution in [0.15, 0.2) is 83.8 Å². The molecule has 28 heavy (non-hydrogen) atoms. The highest BCUT2D eigenvalue weighted by molar-refractivity contribution is 7.98. The van der Waals surface area contributed by atoms with Crippen molar-refractivity contribution in [3.63, 3.8) is 0 Å². The lowest BCUT2D eigenvalue weighted by Crippen LogP contribution is -2.26. The Labute approximate surface area is 171 Å². The fourth-order valence-corrected chi connectivity index (χ4v) is 4.69. The van der Waals surface area contributed by atoms with Crippen LogP contribution in [-0.2, 0) is 15.8 Å². The van der Waals surface area contributed by atoms with E-state index in [1.807, 2.05) is 42.5 Å². The largest absolute Gasteiger partial charge is 0.457 e. The van der Waals surface area contributed by atoms with E-state index < -0.39 is 10.0 Å². The van der Waals surface area contributed by atoms with Crippen LogP contribution in [0.4, 0.5) is 0 Å². The van der Waals surface area contributed by atoms with E-state index in [4.69, 9.17) is 4.74 Å². The molecule has 0 aliphatic rings. The van der Waals surface area contributed by atoms with Crippen molar-refractivity contribution in [2.24, 2.45) is 0 Å². The van der Waals surface area contributed by atoms with Crippen molar-refractivity contribution in [2.75, 3.05) is 12.3 Å². The summed E-state index contributed by atoms with van der Waals surface area (Å²) in [6, 6.07) is 24.0. The fraction of sp³-hybridized carbons (Fsp3) is 0.182. The van der Waals surface area contributed by atoms with Gasteiger partial charge in [0.2, 0.25) is 10.0 Å². The Morgan fingerprint density at radius 3 is 2.21 bits per heavy atom. The van der Waals surface area contributed by atoms with E-state index in [0.717, 1.165) is 5.75 Å². The van der Waals surface area contributed by atoms with Crippen molar-refractivity contribution < 1.29 is 13.2 Å². The van der Waals surface area contributed by atoms with E-state index in [1.54, 1.807) is 36.0 Å². The summed E-state index contributed by atoms with van der Waals surface area (Å²) in [5.41, 5.74) is 2.54. The zero-order valence-electron chi connectivity index (χ0n) is 15.7. The standard InChI is InChI=1S/C22H23NO3S2/c1-18-7-5-6-8-19(18)17-27-16-15-23-28(24,25)22-13-11-21(12-14-22)26-20-9-3-2-4-10-20/h2-14,23H,15-17H2,1H3. The number of benzene rings is 3. The molecule has 0 unspecified atom stereocenters. The van der Waals surface area contributed by atoms with Gasteiger partial charge in [0.25, 0.3) is 0 Å². The first kappa shape index (κ1) is 20.5. The minimum absolute atomic E-state index is 0.233. The molecule has 3 aromatic carbocycles. The number of thioether (sulfide) groups is 1. The lowest BCUT2D eigenvalue weighted by molar-refractivity contribution is 0.482. The normalized spacial score (nSPS) is 11.3. The summed E-state index contributed by atoms with van der Waals surface area (Å²) in [7, 11) is -3.52. The summed E-state index contributed by atoms with van der Waals surface area (Å²) in [5.74, 6) is 2.89.